The SMILES string of the molecule is [3H]C1CC(CO[N]=[V])C(OP(OCCC#N)N(C(C)C)C(C)C)C1. The molecule has 4 unspecified atom stereocenters. The van der Waals surface area contributed by atoms with Gasteiger partial charge >= 0.3 is 152 Å². The first-order valence-corrected chi connectivity index (χ1v) is 9.79. The molecule has 0 radical (unpaired) electrons. The molecule has 8 heteroatoms. The van der Waals surface area contributed by atoms with E-state index in [0.29, 0.717) is 26.1 Å². The van der Waals surface area contributed by atoms with E-state index in [0.717, 1.165) is 6.42 Å². The van der Waals surface area contributed by atoms with Crippen LogP contribution < -0.4 is 0 Å². The topological polar surface area (TPSA) is 67.1 Å². The zero-order chi connectivity index (χ0) is 18.1. The van der Waals surface area contributed by atoms with Crippen molar-refractivity contribution in [3.8, 4) is 6.07 Å². The van der Waals surface area contributed by atoms with Crippen LogP contribution in [0.4, 0.5) is 0 Å². The van der Waals surface area contributed by atoms with Gasteiger partial charge in [-0.25, -0.2) is 0 Å². The fourth-order valence-electron chi connectivity index (χ4n) is 2.66. The molecular formula is C15H28N3O3PV. The zero-order valence-corrected chi connectivity index (χ0v) is 16.7. The molecule has 1 aliphatic rings. The van der Waals surface area contributed by atoms with E-state index in [4.69, 9.17) is 20.5 Å². The molecule has 0 aromatic carbocycles. The predicted molar refractivity (Wildman–Crippen MR) is 85.8 cm³/mol. The first kappa shape index (κ1) is 19.5. The molecule has 4 atom stereocenters. The summed E-state index contributed by atoms with van der Waals surface area (Å²) in [6.45, 7) is 9.27. The van der Waals surface area contributed by atoms with E-state index in [2.05, 4.69) is 42.4 Å². The van der Waals surface area contributed by atoms with Crippen LogP contribution in [0.1, 0.15) is 54.7 Å². The van der Waals surface area contributed by atoms with Gasteiger partial charge in [0, 0.05) is 0 Å². The van der Waals surface area contributed by atoms with Crippen molar-refractivity contribution in [3.63, 3.8) is 0 Å². The van der Waals surface area contributed by atoms with E-state index in [9.17, 15) is 0 Å². The Kier molecular flexibility index (Phi) is 9.87. The third kappa shape index (κ3) is 7.28. The van der Waals surface area contributed by atoms with E-state index < -0.39 is 8.53 Å². The summed E-state index contributed by atoms with van der Waals surface area (Å²) in [6, 6.07) is 2.64. The normalized spacial score (nSPS) is 26.5. The van der Waals surface area contributed by atoms with E-state index in [1.54, 1.807) is 0 Å². The first-order chi connectivity index (χ1) is 11.4. The van der Waals surface area contributed by atoms with Gasteiger partial charge in [0.15, 0.2) is 0 Å². The molecule has 1 aliphatic carbocycles. The molecule has 1 rings (SSSR count). The molecule has 0 spiro atoms. The second-order valence-corrected chi connectivity index (χ2v) is 7.75. The Hall–Kier alpha value is 0.144. The summed E-state index contributed by atoms with van der Waals surface area (Å²) in [5, 5.41) is 8.76. The molecule has 0 saturated heterocycles. The average molecular weight is 382 g/mol. The molecule has 1 fully saturated rings. The van der Waals surface area contributed by atoms with Crippen molar-refractivity contribution < 1.29 is 32.5 Å². The van der Waals surface area contributed by atoms with Crippen LogP contribution in [0.25, 0.3) is 0 Å². The fraction of sp³-hybridized carbons (Fsp3) is 0.933. The molecular weight excluding hydrogens is 352 g/mol. The van der Waals surface area contributed by atoms with Crippen molar-refractivity contribution in [1.82, 2.24) is 4.67 Å². The number of hydrogen-bond donors (Lipinski definition) is 0. The van der Waals surface area contributed by atoms with Crippen LogP contribution in [0.3, 0.4) is 0 Å². The van der Waals surface area contributed by atoms with Crippen LogP contribution in [-0.4, -0.2) is 36.1 Å². The van der Waals surface area contributed by atoms with Crippen molar-refractivity contribution in [2.45, 2.75) is 71.5 Å². The van der Waals surface area contributed by atoms with Gasteiger partial charge in [0.2, 0.25) is 0 Å². The molecule has 0 aromatic rings. The van der Waals surface area contributed by atoms with Crippen LogP contribution in [-0.2, 0) is 31.1 Å². The number of hydrogen-bond acceptors (Lipinski definition) is 6. The zero-order valence-electron chi connectivity index (χ0n) is 15.4. The molecule has 0 bridgehead atoms. The predicted octanol–water partition coefficient (Wildman–Crippen LogP) is 4.11. The summed E-state index contributed by atoms with van der Waals surface area (Å²) in [4.78, 5) is 5.18. The fourth-order valence-corrected chi connectivity index (χ4v) is 4.56. The Morgan fingerprint density at radius 2 is 2.09 bits per heavy atom. The Morgan fingerprint density at radius 3 is 2.65 bits per heavy atom. The van der Waals surface area contributed by atoms with Crippen molar-refractivity contribution in [2.24, 2.45) is 9.87 Å². The van der Waals surface area contributed by atoms with Gasteiger partial charge in [-0.05, 0) is 0 Å². The number of rotatable bonds is 11. The van der Waals surface area contributed by atoms with Crippen LogP contribution in [0.15, 0.2) is 3.95 Å². The molecule has 1 saturated carbocycles. The summed E-state index contributed by atoms with van der Waals surface area (Å²) in [5.74, 6) is 0.145. The van der Waals surface area contributed by atoms with E-state index >= 15 is 0 Å². The van der Waals surface area contributed by atoms with Gasteiger partial charge in [0.05, 0.1) is 0 Å². The third-order valence-electron chi connectivity index (χ3n) is 3.63. The van der Waals surface area contributed by atoms with Crippen LogP contribution in [0.2, 0.25) is 0 Å². The Balaban J connectivity index is 2.81. The van der Waals surface area contributed by atoms with Gasteiger partial charge in [-0.3, -0.25) is 0 Å². The van der Waals surface area contributed by atoms with E-state index in [-0.39, 0.29) is 30.5 Å². The van der Waals surface area contributed by atoms with Crippen LogP contribution in [0, 0.1) is 17.2 Å². The maximum atomic E-state index is 8.76. The van der Waals surface area contributed by atoms with Gasteiger partial charge in [-0.15, -0.1) is 0 Å². The van der Waals surface area contributed by atoms with Crippen molar-refractivity contribution in [2.75, 3.05) is 13.2 Å². The number of nitrogens with zero attached hydrogens (tertiary/aromatic N) is 3. The Bertz CT molecular complexity index is 417. The third-order valence-corrected chi connectivity index (χ3v) is 5.96. The molecule has 131 valence electrons. The standard InChI is InChI=1S/C15H28N3O3P.V/c1-12(2)18(13(3)4)22(20-10-6-9-16)21-15-8-5-7-14(15)11-19-17;/h12-15H,5-8,10-11H2,1-4H3;/i5T;. The first-order valence-electron chi connectivity index (χ1n) is 8.62. The monoisotopic (exact) mass is 382 g/mol. The second-order valence-electron chi connectivity index (χ2n) is 6.09. The number of nitriles is 1. The molecule has 0 N–H and O–H groups in total. The quantitative estimate of drug-likeness (QED) is 0.306. The molecule has 23 heavy (non-hydrogen) atoms. The Labute approximate surface area is 152 Å². The maximum absolute atomic E-state index is 8.76. The second kappa shape index (κ2) is 11.7. The van der Waals surface area contributed by atoms with Gasteiger partial charge in [0.25, 0.3) is 0 Å². The van der Waals surface area contributed by atoms with Crippen LogP contribution in [0.5, 0.6) is 0 Å². The Morgan fingerprint density at radius 1 is 1.39 bits per heavy atom. The van der Waals surface area contributed by atoms with Crippen LogP contribution >= 0.6 is 8.53 Å². The summed E-state index contributed by atoms with van der Waals surface area (Å²) in [6.07, 6.45) is 1.55. The molecule has 6 nitrogen and oxygen atoms in total. The van der Waals surface area contributed by atoms with Crippen molar-refractivity contribution >= 4 is 8.53 Å². The summed E-state index contributed by atoms with van der Waals surface area (Å²) in [7, 11) is -1.28. The van der Waals surface area contributed by atoms with E-state index in [1.165, 1.54) is 0 Å². The van der Waals surface area contributed by atoms with E-state index in [1.807, 2.05) is 17.2 Å². The van der Waals surface area contributed by atoms with Gasteiger partial charge in [0.1, 0.15) is 0 Å². The summed E-state index contributed by atoms with van der Waals surface area (Å²) >= 11 is 2.04. The van der Waals surface area contributed by atoms with Crippen molar-refractivity contribution in [3.05, 3.63) is 0 Å². The van der Waals surface area contributed by atoms with Gasteiger partial charge < -0.3 is 0 Å². The molecule has 0 amide bonds. The average Bonchev–Trinajstić information content (AvgIpc) is 2.84. The van der Waals surface area contributed by atoms with Gasteiger partial charge in [-0.2, -0.15) is 0 Å². The van der Waals surface area contributed by atoms with Gasteiger partial charge in [-0.1, -0.05) is 0 Å². The van der Waals surface area contributed by atoms with Crippen molar-refractivity contribution in [1.29, 1.82) is 5.26 Å². The molecule has 0 aliphatic heterocycles. The molecule has 0 aromatic heterocycles. The summed E-state index contributed by atoms with van der Waals surface area (Å²) < 4.78 is 26.2. The summed E-state index contributed by atoms with van der Waals surface area (Å²) in [5.41, 5.74) is 0. The molecule has 0 heterocycles. The minimum absolute atomic E-state index is 0.0741. The minimum atomic E-state index is -1.28.